The lowest BCUT2D eigenvalue weighted by Gasteiger charge is -2.09. The number of nitrogens with zero attached hydrogens (tertiary/aromatic N) is 3. The molecule has 0 aliphatic carbocycles. The van der Waals surface area contributed by atoms with Crippen molar-refractivity contribution in [2.75, 3.05) is 5.73 Å². The van der Waals surface area contributed by atoms with Gasteiger partial charge in [-0.15, -0.1) is 0 Å². The molecule has 1 heterocycles. The monoisotopic (exact) mass is 322 g/mol. The minimum Gasteiger partial charge on any atom is -0.399 e. The molecule has 0 saturated heterocycles. The number of nitrogen functional groups attached to an aromatic ring is 1. The van der Waals surface area contributed by atoms with E-state index in [1.54, 1.807) is 22.9 Å². The van der Waals surface area contributed by atoms with Crippen molar-refractivity contribution in [2.45, 2.75) is 26.3 Å². The normalized spacial score (nSPS) is 10.9. The Morgan fingerprint density at radius 3 is 2.79 bits per heavy atom. The highest BCUT2D eigenvalue weighted by Crippen LogP contribution is 2.19. The number of carbonyl (C=O) groups excluding carboxylic acids is 1. The van der Waals surface area contributed by atoms with Crippen LogP contribution in [-0.2, 0) is 6.42 Å². The zero-order valence-electron chi connectivity index (χ0n) is 10.8. The van der Waals surface area contributed by atoms with E-state index in [1.807, 2.05) is 13.8 Å². The zero-order chi connectivity index (χ0) is 14.0. The number of benzene rings is 1. The van der Waals surface area contributed by atoms with E-state index in [0.717, 1.165) is 4.47 Å². The maximum atomic E-state index is 12.2. The van der Waals surface area contributed by atoms with Crippen molar-refractivity contribution in [3.05, 3.63) is 40.4 Å². The molecule has 0 atom stereocenters. The molecule has 0 fully saturated rings. The van der Waals surface area contributed by atoms with Gasteiger partial charge in [0.05, 0.1) is 6.42 Å². The summed E-state index contributed by atoms with van der Waals surface area (Å²) in [5.74, 6) is 0.640. The van der Waals surface area contributed by atoms with Crippen LogP contribution in [0.3, 0.4) is 0 Å². The second kappa shape index (κ2) is 5.52. The van der Waals surface area contributed by atoms with Gasteiger partial charge in [-0.1, -0.05) is 15.9 Å². The number of carbonyl (C=O) groups is 1. The van der Waals surface area contributed by atoms with Gasteiger partial charge >= 0.3 is 0 Å². The Kier molecular flexibility index (Phi) is 3.99. The number of Topliss-reactive ketones (excluding diaryl/α,β-unsaturated/α-hetero) is 1. The van der Waals surface area contributed by atoms with Gasteiger partial charge in [0, 0.05) is 21.8 Å². The quantitative estimate of drug-likeness (QED) is 0.693. The van der Waals surface area contributed by atoms with Crippen molar-refractivity contribution in [1.29, 1.82) is 0 Å². The molecule has 0 bridgehead atoms. The largest absolute Gasteiger partial charge is 0.399 e. The number of hydrogen-bond donors (Lipinski definition) is 1. The van der Waals surface area contributed by atoms with Crippen LogP contribution in [0.5, 0.6) is 0 Å². The average molecular weight is 323 g/mol. The average Bonchev–Trinajstić information content (AvgIpc) is 2.75. The Labute approximate surface area is 120 Å². The lowest BCUT2D eigenvalue weighted by molar-refractivity contribution is 0.0989. The fourth-order valence-electron chi connectivity index (χ4n) is 1.85. The van der Waals surface area contributed by atoms with Crippen LogP contribution in [0.1, 0.15) is 36.1 Å². The molecule has 2 aromatic rings. The molecular formula is C13H15BrN4O. The minimum atomic E-state index is -0.0251. The SMILES string of the molecule is CC(C)n1ncnc1CC(=O)c1cc(N)cc(Br)c1. The van der Waals surface area contributed by atoms with E-state index >= 15 is 0 Å². The van der Waals surface area contributed by atoms with E-state index in [4.69, 9.17) is 5.73 Å². The highest BCUT2D eigenvalue weighted by Gasteiger charge is 2.14. The third-order valence-corrected chi connectivity index (χ3v) is 3.15. The summed E-state index contributed by atoms with van der Waals surface area (Å²) in [7, 11) is 0. The van der Waals surface area contributed by atoms with Crippen molar-refractivity contribution in [3.63, 3.8) is 0 Å². The number of hydrogen-bond acceptors (Lipinski definition) is 4. The lowest BCUT2D eigenvalue weighted by Crippen LogP contribution is -2.13. The predicted molar refractivity (Wildman–Crippen MR) is 77.0 cm³/mol. The van der Waals surface area contributed by atoms with E-state index in [-0.39, 0.29) is 18.2 Å². The van der Waals surface area contributed by atoms with Crippen molar-refractivity contribution in [1.82, 2.24) is 14.8 Å². The van der Waals surface area contributed by atoms with Gasteiger partial charge in [0.1, 0.15) is 12.2 Å². The number of halogens is 1. The van der Waals surface area contributed by atoms with Crippen LogP contribution in [0, 0.1) is 0 Å². The first kappa shape index (κ1) is 13.7. The van der Waals surface area contributed by atoms with E-state index < -0.39 is 0 Å². The van der Waals surface area contributed by atoms with Crippen molar-refractivity contribution >= 4 is 27.4 Å². The third kappa shape index (κ3) is 3.20. The molecule has 2 N–H and O–H groups in total. The molecule has 0 aliphatic rings. The molecule has 2 rings (SSSR count). The van der Waals surface area contributed by atoms with Gasteiger partial charge in [0.2, 0.25) is 0 Å². The molecule has 1 aromatic heterocycles. The maximum absolute atomic E-state index is 12.2. The zero-order valence-corrected chi connectivity index (χ0v) is 12.4. The lowest BCUT2D eigenvalue weighted by atomic mass is 10.1. The van der Waals surface area contributed by atoms with Crippen LogP contribution in [0.15, 0.2) is 29.0 Å². The molecule has 5 nitrogen and oxygen atoms in total. The van der Waals surface area contributed by atoms with Gasteiger partial charge in [-0.2, -0.15) is 5.10 Å². The van der Waals surface area contributed by atoms with Crippen molar-refractivity contribution < 1.29 is 4.79 Å². The number of ketones is 1. The molecule has 0 unspecified atom stereocenters. The maximum Gasteiger partial charge on any atom is 0.170 e. The third-order valence-electron chi connectivity index (χ3n) is 2.70. The summed E-state index contributed by atoms with van der Waals surface area (Å²) in [4.78, 5) is 16.4. The first-order valence-electron chi connectivity index (χ1n) is 5.95. The van der Waals surface area contributed by atoms with Crippen LogP contribution in [0.2, 0.25) is 0 Å². The minimum absolute atomic E-state index is 0.0251. The highest BCUT2D eigenvalue weighted by molar-refractivity contribution is 9.10. The van der Waals surface area contributed by atoms with E-state index in [0.29, 0.717) is 17.1 Å². The van der Waals surface area contributed by atoms with Crippen LogP contribution >= 0.6 is 15.9 Å². The molecule has 19 heavy (non-hydrogen) atoms. The topological polar surface area (TPSA) is 73.8 Å². The number of aromatic nitrogens is 3. The van der Waals surface area contributed by atoms with Gasteiger partial charge in [0.25, 0.3) is 0 Å². The van der Waals surface area contributed by atoms with Crippen molar-refractivity contribution in [2.24, 2.45) is 0 Å². The molecule has 0 saturated carbocycles. The molecule has 0 amide bonds. The summed E-state index contributed by atoms with van der Waals surface area (Å²) in [6.07, 6.45) is 1.69. The fourth-order valence-corrected chi connectivity index (χ4v) is 2.36. The number of rotatable bonds is 4. The standard InChI is InChI=1S/C13H15BrN4O/c1-8(2)18-13(16-7-17-18)6-12(19)9-3-10(14)5-11(15)4-9/h3-5,7-8H,6,15H2,1-2H3. The smallest absolute Gasteiger partial charge is 0.170 e. The van der Waals surface area contributed by atoms with E-state index in [9.17, 15) is 4.79 Å². The summed E-state index contributed by atoms with van der Waals surface area (Å²) >= 11 is 3.33. The summed E-state index contributed by atoms with van der Waals surface area (Å²) in [5, 5.41) is 4.12. The van der Waals surface area contributed by atoms with Gasteiger partial charge in [0.15, 0.2) is 5.78 Å². The molecule has 6 heteroatoms. The second-order valence-corrected chi connectivity index (χ2v) is 5.50. The van der Waals surface area contributed by atoms with Gasteiger partial charge in [-0.05, 0) is 32.0 Å². The molecule has 100 valence electrons. The van der Waals surface area contributed by atoms with Crippen LogP contribution in [-0.4, -0.2) is 20.5 Å². The summed E-state index contributed by atoms with van der Waals surface area (Å²) in [6, 6.07) is 5.36. The first-order chi connectivity index (χ1) is 8.97. The Hall–Kier alpha value is -1.69. The van der Waals surface area contributed by atoms with Crippen LogP contribution in [0.25, 0.3) is 0 Å². The summed E-state index contributed by atoms with van der Waals surface area (Å²) < 4.78 is 2.54. The molecular weight excluding hydrogens is 308 g/mol. The van der Waals surface area contributed by atoms with E-state index in [2.05, 4.69) is 26.0 Å². The predicted octanol–water partition coefficient (Wildman–Crippen LogP) is 2.63. The highest BCUT2D eigenvalue weighted by atomic mass is 79.9. The Bertz CT molecular complexity index is 586. The molecule has 0 spiro atoms. The van der Waals surface area contributed by atoms with Gasteiger partial charge in [-0.3, -0.25) is 4.79 Å². The summed E-state index contributed by atoms with van der Waals surface area (Å²) in [6.45, 7) is 4.00. The molecule has 1 aromatic carbocycles. The second-order valence-electron chi connectivity index (χ2n) is 4.59. The number of anilines is 1. The first-order valence-corrected chi connectivity index (χ1v) is 6.74. The Morgan fingerprint density at radius 2 is 2.16 bits per heavy atom. The Balaban J connectivity index is 2.23. The van der Waals surface area contributed by atoms with Crippen LogP contribution < -0.4 is 5.73 Å². The van der Waals surface area contributed by atoms with Crippen LogP contribution in [0.4, 0.5) is 5.69 Å². The molecule has 0 radical (unpaired) electrons. The van der Waals surface area contributed by atoms with Gasteiger partial charge < -0.3 is 5.73 Å². The molecule has 0 aliphatic heterocycles. The van der Waals surface area contributed by atoms with E-state index in [1.165, 1.54) is 6.33 Å². The summed E-state index contributed by atoms with van der Waals surface area (Å²) in [5.41, 5.74) is 6.87. The number of nitrogens with two attached hydrogens (primary N) is 1. The van der Waals surface area contributed by atoms with Gasteiger partial charge in [-0.25, -0.2) is 9.67 Å². The van der Waals surface area contributed by atoms with Crippen molar-refractivity contribution in [3.8, 4) is 0 Å². The Morgan fingerprint density at radius 1 is 1.42 bits per heavy atom. The fraction of sp³-hybridized carbons (Fsp3) is 0.308.